The minimum atomic E-state index is 0.662. The van der Waals surface area contributed by atoms with E-state index in [4.69, 9.17) is 5.26 Å². The van der Waals surface area contributed by atoms with E-state index in [1.54, 1.807) is 0 Å². The molecule has 0 amide bonds. The molecule has 0 N–H and O–H groups in total. The van der Waals surface area contributed by atoms with Crippen LogP contribution in [0.1, 0.15) is 13.3 Å². The molecule has 0 aromatic carbocycles. The summed E-state index contributed by atoms with van der Waals surface area (Å²) >= 11 is 4.72. The van der Waals surface area contributed by atoms with Gasteiger partial charge in [0.25, 0.3) is 0 Å². The number of rotatable bonds is 4. The van der Waals surface area contributed by atoms with E-state index in [1.165, 1.54) is 11.8 Å². The van der Waals surface area contributed by atoms with Crippen molar-refractivity contribution in [3.05, 3.63) is 0 Å². The minimum absolute atomic E-state index is 0.662. The summed E-state index contributed by atoms with van der Waals surface area (Å²) in [6, 6.07) is 0. The number of alkyl halides is 1. The van der Waals surface area contributed by atoms with Gasteiger partial charge in [-0.05, 0) is 17.7 Å². The van der Waals surface area contributed by atoms with E-state index in [0.29, 0.717) is 5.92 Å². The number of halogens is 1. The first-order chi connectivity index (χ1) is 4.35. The van der Waals surface area contributed by atoms with Crippen LogP contribution in [-0.4, -0.2) is 11.1 Å². The van der Waals surface area contributed by atoms with Crippen LogP contribution in [0.15, 0.2) is 0 Å². The van der Waals surface area contributed by atoms with Crippen molar-refractivity contribution in [1.82, 2.24) is 0 Å². The number of thioether (sulfide) groups is 1. The van der Waals surface area contributed by atoms with Gasteiger partial charge in [-0.1, -0.05) is 29.3 Å². The standard InChI is InChI=1S/C6H10BrNS/c1-2-6(3-7)4-9-5-8/h6H,2-4H2,1H3. The quantitative estimate of drug-likeness (QED) is 0.523. The van der Waals surface area contributed by atoms with Crippen molar-refractivity contribution in [2.24, 2.45) is 5.92 Å². The zero-order valence-electron chi connectivity index (χ0n) is 5.43. The summed E-state index contributed by atoms with van der Waals surface area (Å²) in [4.78, 5) is 0. The fraction of sp³-hybridized carbons (Fsp3) is 0.833. The van der Waals surface area contributed by atoms with E-state index in [1.807, 2.05) is 0 Å². The smallest absolute Gasteiger partial charge is 0.133 e. The molecule has 0 aromatic rings. The molecule has 0 aliphatic carbocycles. The van der Waals surface area contributed by atoms with Crippen molar-refractivity contribution in [3.8, 4) is 5.40 Å². The Hall–Kier alpha value is 0.320. The SMILES string of the molecule is CCC(CBr)CSC#N. The van der Waals surface area contributed by atoms with Crippen LogP contribution in [0.5, 0.6) is 0 Å². The van der Waals surface area contributed by atoms with Gasteiger partial charge in [0.1, 0.15) is 5.40 Å². The predicted molar refractivity (Wildman–Crippen MR) is 45.6 cm³/mol. The molecule has 0 saturated heterocycles. The van der Waals surface area contributed by atoms with Crippen molar-refractivity contribution in [2.45, 2.75) is 13.3 Å². The van der Waals surface area contributed by atoms with Gasteiger partial charge in [-0.2, -0.15) is 5.26 Å². The lowest BCUT2D eigenvalue weighted by Crippen LogP contribution is -2.02. The molecule has 0 aliphatic rings. The summed E-state index contributed by atoms with van der Waals surface area (Å²) in [5.74, 6) is 1.62. The maximum atomic E-state index is 8.20. The molecule has 1 unspecified atom stereocenters. The van der Waals surface area contributed by atoms with Gasteiger partial charge in [0.05, 0.1) is 0 Å². The zero-order chi connectivity index (χ0) is 7.11. The van der Waals surface area contributed by atoms with Crippen LogP contribution in [0, 0.1) is 16.6 Å². The molecule has 0 heterocycles. The summed E-state index contributed by atoms with van der Waals surface area (Å²) in [5, 5.41) is 11.3. The fourth-order valence-corrected chi connectivity index (χ4v) is 2.08. The third-order valence-corrected chi connectivity index (χ3v) is 2.86. The van der Waals surface area contributed by atoms with Crippen LogP contribution < -0.4 is 0 Å². The van der Waals surface area contributed by atoms with E-state index in [9.17, 15) is 0 Å². The van der Waals surface area contributed by atoms with Crippen LogP contribution in [0.3, 0.4) is 0 Å². The lowest BCUT2D eigenvalue weighted by atomic mass is 10.2. The van der Waals surface area contributed by atoms with Crippen molar-refractivity contribution >= 4 is 27.7 Å². The van der Waals surface area contributed by atoms with E-state index in [-0.39, 0.29) is 0 Å². The summed E-state index contributed by atoms with van der Waals surface area (Å²) in [6.07, 6.45) is 1.15. The molecule has 1 atom stereocenters. The average Bonchev–Trinajstić information content (AvgIpc) is 1.91. The highest BCUT2D eigenvalue weighted by molar-refractivity contribution is 9.09. The van der Waals surface area contributed by atoms with Crippen LogP contribution in [0.2, 0.25) is 0 Å². The zero-order valence-corrected chi connectivity index (χ0v) is 7.83. The monoisotopic (exact) mass is 207 g/mol. The lowest BCUT2D eigenvalue weighted by molar-refractivity contribution is 0.653. The molecule has 1 nitrogen and oxygen atoms in total. The van der Waals surface area contributed by atoms with Crippen LogP contribution in [0.4, 0.5) is 0 Å². The molecular formula is C6H10BrNS. The fourth-order valence-electron chi connectivity index (χ4n) is 0.427. The molecule has 3 heteroatoms. The number of hydrogen-bond donors (Lipinski definition) is 0. The van der Waals surface area contributed by atoms with Gasteiger partial charge >= 0.3 is 0 Å². The van der Waals surface area contributed by atoms with Crippen LogP contribution >= 0.6 is 27.7 Å². The maximum Gasteiger partial charge on any atom is 0.133 e. The summed E-state index contributed by atoms with van der Waals surface area (Å²) in [5.41, 5.74) is 0. The third kappa shape index (κ3) is 4.80. The number of thiocyanates is 1. The van der Waals surface area contributed by atoms with Crippen molar-refractivity contribution in [2.75, 3.05) is 11.1 Å². The molecule has 0 spiro atoms. The Bertz CT molecular complexity index is 95.7. The number of hydrogen-bond acceptors (Lipinski definition) is 2. The third-order valence-electron chi connectivity index (χ3n) is 1.18. The molecule has 0 radical (unpaired) electrons. The van der Waals surface area contributed by atoms with Crippen LogP contribution in [0.25, 0.3) is 0 Å². The van der Waals surface area contributed by atoms with E-state index >= 15 is 0 Å². The van der Waals surface area contributed by atoms with E-state index < -0.39 is 0 Å². The molecule has 0 fully saturated rings. The average molecular weight is 208 g/mol. The molecule has 0 bridgehead atoms. The summed E-state index contributed by atoms with van der Waals surface area (Å²) < 4.78 is 0. The Kier molecular flexibility index (Phi) is 6.67. The van der Waals surface area contributed by atoms with Gasteiger partial charge in [-0.3, -0.25) is 0 Å². The molecule has 52 valence electrons. The second kappa shape index (κ2) is 6.44. The molecule has 0 rings (SSSR count). The molecule has 9 heavy (non-hydrogen) atoms. The van der Waals surface area contributed by atoms with Crippen molar-refractivity contribution in [1.29, 1.82) is 5.26 Å². The number of nitrogens with zero attached hydrogens (tertiary/aromatic N) is 1. The van der Waals surface area contributed by atoms with Gasteiger partial charge in [0.2, 0.25) is 0 Å². The van der Waals surface area contributed by atoms with E-state index in [2.05, 4.69) is 28.3 Å². The maximum absolute atomic E-state index is 8.20. The minimum Gasteiger partial charge on any atom is -0.185 e. The van der Waals surface area contributed by atoms with Gasteiger partial charge in [0.15, 0.2) is 0 Å². The van der Waals surface area contributed by atoms with Crippen LogP contribution in [-0.2, 0) is 0 Å². The predicted octanol–water partition coefficient (Wildman–Crippen LogP) is 2.62. The first-order valence-corrected chi connectivity index (χ1v) is 5.02. The van der Waals surface area contributed by atoms with Gasteiger partial charge in [-0.15, -0.1) is 0 Å². The Balaban J connectivity index is 3.22. The highest BCUT2D eigenvalue weighted by Gasteiger charge is 2.02. The second-order valence-electron chi connectivity index (χ2n) is 1.83. The number of nitriles is 1. The normalized spacial score (nSPS) is 12.6. The second-order valence-corrected chi connectivity index (χ2v) is 3.28. The molecule has 0 aromatic heterocycles. The highest BCUT2D eigenvalue weighted by Crippen LogP contribution is 2.12. The summed E-state index contributed by atoms with van der Waals surface area (Å²) in [7, 11) is 0. The largest absolute Gasteiger partial charge is 0.185 e. The molecule has 0 saturated carbocycles. The summed E-state index contributed by atoms with van der Waals surface area (Å²) in [6.45, 7) is 2.14. The van der Waals surface area contributed by atoms with Crippen molar-refractivity contribution in [3.63, 3.8) is 0 Å². The highest BCUT2D eigenvalue weighted by atomic mass is 79.9. The first-order valence-electron chi connectivity index (χ1n) is 2.92. The van der Waals surface area contributed by atoms with Gasteiger partial charge in [-0.25, -0.2) is 0 Å². The Labute approximate surface area is 68.9 Å². The molecule has 0 aliphatic heterocycles. The van der Waals surface area contributed by atoms with Gasteiger partial charge in [0, 0.05) is 11.1 Å². The Morgan fingerprint density at radius 3 is 2.78 bits per heavy atom. The van der Waals surface area contributed by atoms with Crippen molar-refractivity contribution < 1.29 is 0 Å². The topological polar surface area (TPSA) is 23.8 Å². The Morgan fingerprint density at radius 2 is 2.44 bits per heavy atom. The molecular weight excluding hydrogens is 198 g/mol. The van der Waals surface area contributed by atoms with Gasteiger partial charge < -0.3 is 0 Å². The first kappa shape index (κ1) is 9.32. The van der Waals surface area contributed by atoms with E-state index in [0.717, 1.165) is 17.5 Å². The lowest BCUT2D eigenvalue weighted by Gasteiger charge is -2.05. The Morgan fingerprint density at radius 1 is 1.78 bits per heavy atom.